The standard InChI is InChI=1S/C18H20N6O/c1-4-23(3)15-9-6-14(7-10-15)18(25)20-17-11-16(8-5-13(17)2)24-12-19-21-22-24/h5-12H,4H2,1-3H3,(H,20,25). The smallest absolute Gasteiger partial charge is 0.255 e. The van der Waals surface area contributed by atoms with Crippen molar-refractivity contribution in [3.05, 3.63) is 59.9 Å². The Morgan fingerprint density at radius 2 is 1.96 bits per heavy atom. The third kappa shape index (κ3) is 3.65. The Morgan fingerprint density at radius 3 is 2.60 bits per heavy atom. The predicted octanol–water partition coefficient (Wildman–Crippen LogP) is 2.68. The number of benzene rings is 2. The van der Waals surface area contributed by atoms with Crippen molar-refractivity contribution >= 4 is 17.3 Å². The highest BCUT2D eigenvalue weighted by atomic mass is 16.1. The minimum atomic E-state index is -0.150. The summed E-state index contributed by atoms with van der Waals surface area (Å²) < 4.78 is 1.55. The third-order valence-electron chi connectivity index (χ3n) is 4.13. The summed E-state index contributed by atoms with van der Waals surface area (Å²) >= 11 is 0. The van der Waals surface area contributed by atoms with Gasteiger partial charge in [0.25, 0.3) is 5.91 Å². The summed E-state index contributed by atoms with van der Waals surface area (Å²) in [4.78, 5) is 14.7. The van der Waals surface area contributed by atoms with E-state index in [1.54, 1.807) is 4.68 Å². The van der Waals surface area contributed by atoms with Crippen molar-refractivity contribution in [3.63, 3.8) is 0 Å². The van der Waals surface area contributed by atoms with E-state index in [1.165, 1.54) is 6.33 Å². The molecule has 0 unspecified atom stereocenters. The van der Waals surface area contributed by atoms with Crippen LogP contribution in [0.3, 0.4) is 0 Å². The number of tetrazole rings is 1. The van der Waals surface area contributed by atoms with Gasteiger partial charge in [0.2, 0.25) is 0 Å². The summed E-state index contributed by atoms with van der Waals surface area (Å²) in [5, 5.41) is 14.1. The Balaban J connectivity index is 1.80. The summed E-state index contributed by atoms with van der Waals surface area (Å²) in [7, 11) is 2.02. The van der Waals surface area contributed by atoms with Gasteiger partial charge in [-0.15, -0.1) is 5.10 Å². The molecule has 7 nitrogen and oxygen atoms in total. The number of carbonyl (C=O) groups is 1. The molecule has 1 amide bonds. The van der Waals surface area contributed by atoms with Crippen LogP contribution in [0.4, 0.5) is 11.4 Å². The van der Waals surface area contributed by atoms with Crippen LogP contribution >= 0.6 is 0 Å². The van der Waals surface area contributed by atoms with Gasteiger partial charge in [0, 0.05) is 30.5 Å². The maximum absolute atomic E-state index is 12.5. The molecule has 0 aliphatic heterocycles. The lowest BCUT2D eigenvalue weighted by Gasteiger charge is -2.17. The minimum absolute atomic E-state index is 0.150. The van der Waals surface area contributed by atoms with Gasteiger partial charge in [0.15, 0.2) is 0 Å². The molecule has 128 valence electrons. The second kappa shape index (κ2) is 7.12. The van der Waals surface area contributed by atoms with Crippen LogP contribution in [0.25, 0.3) is 5.69 Å². The molecule has 0 radical (unpaired) electrons. The van der Waals surface area contributed by atoms with Crippen molar-refractivity contribution in [2.24, 2.45) is 0 Å². The highest BCUT2D eigenvalue weighted by molar-refractivity contribution is 6.05. The SMILES string of the molecule is CCN(C)c1ccc(C(=O)Nc2cc(-n3cnnn3)ccc2C)cc1. The number of aromatic nitrogens is 4. The van der Waals surface area contributed by atoms with Crippen molar-refractivity contribution in [1.29, 1.82) is 0 Å². The summed E-state index contributed by atoms with van der Waals surface area (Å²) in [6.07, 6.45) is 1.51. The van der Waals surface area contributed by atoms with Gasteiger partial charge in [-0.2, -0.15) is 0 Å². The topological polar surface area (TPSA) is 75.9 Å². The molecule has 25 heavy (non-hydrogen) atoms. The van der Waals surface area contributed by atoms with Gasteiger partial charge in [-0.3, -0.25) is 4.79 Å². The van der Waals surface area contributed by atoms with Gasteiger partial charge >= 0.3 is 0 Å². The van der Waals surface area contributed by atoms with E-state index >= 15 is 0 Å². The first kappa shape index (κ1) is 16.6. The number of amides is 1. The van der Waals surface area contributed by atoms with Crippen LogP contribution < -0.4 is 10.2 Å². The van der Waals surface area contributed by atoms with Crippen LogP contribution in [0, 0.1) is 6.92 Å². The van der Waals surface area contributed by atoms with Crippen molar-refractivity contribution in [3.8, 4) is 5.69 Å². The van der Waals surface area contributed by atoms with Crippen LogP contribution in [-0.4, -0.2) is 39.7 Å². The lowest BCUT2D eigenvalue weighted by molar-refractivity contribution is 0.102. The van der Waals surface area contributed by atoms with E-state index in [9.17, 15) is 4.79 Å². The minimum Gasteiger partial charge on any atom is -0.375 e. The van der Waals surface area contributed by atoms with Gasteiger partial charge in [0.05, 0.1) is 5.69 Å². The fraction of sp³-hybridized carbons (Fsp3) is 0.222. The van der Waals surface area contributed by atoms with E-state index in [-0.39, 0.29) is 5.91 Å². The zero-order valence-electron chi connectivity index (χ0n) is 14.5. The summed E-state index contributed by atoms with van der Waals surface area (Å²) in [5.41, 5.74) is 4.17. The first-order valence-corrected chi connectivity index (χ1v) is 8.05. The molecule has 7 heteroatoms. The second-order valence-corrected chi connectivity index (χ2v) is 5.77. The average molecular weight is 336 g/mol. The second-order valence-electron chi connectivity index (χ2n) is 5.77. The Bertz CT molecular complexity index is 858. The number of hydrogen-bond acceptors (Lipinski definition) is 5. The van der Waals surface area contributed by atoms with Gasteiger partial charge in [-0.1, -0.05) is 6.07 Å². The molecule has 0 aliphatic rings. The maximum Gasteiger partial charge on any atom is 0.255 e. The van der Waals surface area contributed by atoms with E-state index in [0.717, 1.165) is 29.2 Å². The quantitative estimate of drug-likeness (QED) is 0.775. The number of rotatable bonds is 5. The molecule has 3 aromatic rings. The summed E-state index contributed by atoms with van der Waals surface area (Å²) in [6, 6.07) is 13.2. The molecular weight excluding hydrogens is 316 g/mol. The predicted molar refractivity (Wildman–Crippen MR) is 97.2 cm³/mol. The third-order valence-corrected chi connectivity index (χ3v) is 4.13. The van der Waals surface area contributed by atoms with Crippen molar-refractivity contribution < 1.29 is 4.79 Å². The number of nitrogens with zero attached hydrogens (tertiary/aromatic N) is 5. The van der Waals surface area contributed by atoms with E-state index in [4.69, 9.17) is 0 Å². The van der Waals surface area contributed by atoms with E-state index in [0.29, 0.717) is 5.56 Å². The zero-order chi connectivity index (χ0) is 17.8. The molecule has 0 aliphatic carbocycles. The molecule has 3 rings (SSSR count). The Labute approximate surface area is 146 Å². The maximum atomic E-state index is 12.5. The molecule has 1 aromatic heterocycles. The number of anilines is 2. The monoisotopic (exact) mass is 336 g/mol. The van der Waals surface area contributed by atoms with E-state index < -0.39 is 0 Å². The van der Waals surface area contributed by atoms with Gasteiger partial charge in [-0.05, 0) is 66.2 Å². The first-order chi connectivity index (χ1) is 12.1. The van der Waals surface area contributed by atoms with Gasteiger partial charge < -0.3 is 10.2 Å². The lowest BCUT2D eigenvalue weighted by atomic mass is 10.1. The van der Waals surface area contributed by atoms with Crippen LogP contribution in [-0.2, 0) is 0 Å². The van der Waals surface area contributed by atoms with Crippen LogP contribution in [0.5, 0.6) is 0 Å². The number of carbonyl (C=O) groups excluding carboxylic acids is 1. The number of nitrogens with one attached hydrogen (secondary N) is 1. The number of hydrogen-bond donors (Lipinski definition) is 1. The first-order valence-electron chi connectivity index (χ1n) is 8.05. The Morgan fingerprint density at radius 1 is 1.20 bits per heavy atom. The zero-order valence-corrected chi connectivity index (χ0v) is 14.5. The highest BCUT2D eigenvalue weighted by Crippen LogP contribution is 2.20. The molecule has 0 saturated carbocycles. The molecule has 2 aromatic carbocycles. The molecule has 0 bridgehead atoms. The lowest BCUT2D eigenvalue weighted by Crippen LogP contribution is -2.16. The van der Waals surface area contributed by atoms with Crippen molar-refractivity contribution in [1.82, 2.24) is 20.2 Å². The highest BCUT2D eigenvalue weighted by Gasteiger charge is 2.10. The van der Waals surface area contributed by atoms with E-state index in [1.807, 2.05) is 56.4 Å². The van der Waals surface area contributed by atoms with Crippen LogP contribution in [0.2, 0.25) is 0 Å². The summed E-state index contributed by atoms with van der Waals surface area (Å²) in [5.74, 6) is -0.150. The van der Waals surface area contributed by atoms with Crippen LogP contribution in [0.15, 0.2) is 48.8 Å². The largest absolute Gasteiger partial charge is 0.375 e. The molecular formula is C18H20N6O. The summed E-state index contributed by atoms with van der Waals surface area (Å²) in [6.45, 7) is 4.94. The van der Waals surface area contributed by atoms with Crippen LogP contribution in [0.1, 0.15) is 22.8 Å². The van der Waals surface area contributed by atoms with E-state index in [2.05, 4.69) is 32.7 Å². The average Bonchev–Trinajstić information content (AvgIpc) is 3.17. The van der Waals surface area contributed by atoms with Gasteiger partial charge in [0.1, 0.15) is 6.33 Å². The van der Waals surface area contributed by atoms with Crippen molar-refractivity contribution in [2.45, 2.75) is 13.8 Å². The molecule has 1 N–H and O–H groups in total. The fourth-order valence-electron chi connectivity index (χ4n) is 2.41. The van der Waals surface area contributed by atoms with Gasteiger partial charge in [-0.25, -0.2) is 4.68 Å². The molecule has 0 spiro atoms. The Hall–Kier alpha value is -3.22. The molecule has 0 fully saturated rings. The Kier molecular flexibility index (Phi) is 4.74. The molecule has 0 atom stereocenters. The normalized spacial score (nSPS) is 10.5. The fourth-order valence-corrected chi connectivity index (χ4v) is 2.41. The number of aryl methyl sites for hydroxylation is 1. The molecule has 1 heterocycles. The van der Waals surface area contributed by atoms with Crippen molar-refractivity contribution in [2.75, 3.05) is 23.8 Å². The molecule has 0 saturated heterocycles.